The van der Waals surface area contributed by atoms with E-state index in [-0.39, 0.29) is 10.9 Å². The molecule has 2 aromatic rings. The molecule has 0 saturated carbocycles. The monoisotopic (exact) mass is 303 g/mol. The lowest BCUT2D eigenvalue weighted by Crippen LogP contribution is -2.24. The molecule has 0 aliphatic rings. The van der Waals surface area contributed by atoms with Gasteiger partial charge < -0.3 is 10.5 Å². The topological polar surface area (TPSA) is 59.6 Å². The highest BCUT2D eigenvalue weighted by Crippen LogP contribution is 2.17. The minimum Gasteiger partial charge on any atom is -0.488 e. The highest BCUT2D eigenvalue weighted by molar-refractivity contribution is 7.80. The van der Waals surface area contributed by atoms with Crippen molar-refractivity contribution in [3.8, 4) is 5.75 Å². The van der Waals surface area contributed by atoms with Gasteiger partial charge in [0.05, 0.1) is 6.21 Å². The number of para-hydroxylation sites is 1. The van der Waals surface area contributed by atoms with E-state index in [1.807, 2.05) is 24.3 Å². The van der Waals surface area contributed by atoms with Crippen molar-refractivity contribution in [1.82, 2.24) is 5.43 Å². The molecule has 0 bridgehead atoms. The molecule has 0 unspecified atom stereocenters. The van der Waals surface area contributed by atoms with E-state index in [1.54, 1.807) is 18.3 Å². The maximum atomic E-state index is 12.8. The Morgan fingerprint density at radius 1 is 1.24 bits per heavy atom. The summed E-state index contributed by atoms with van der Waals surface area (Å²) in [5.74, 6) is 0.394. The van der Waals surface area contributed by atoms with Crippen LogP contribution < -0.4 is 15.9 Å². The third kappa shape index (κ3) is 4.85. The third-order valence-corrected chi connectivity index (χ3v) is 2.70. The van der Waals surface area contributed by atoms with Crippen molar-refractivity contribution >= 4 is 23.5 Å². The van der Waals surface area contributed by atoms with Gasteiger partial charge in [-0.15, -0.1) is 0 Å². The average molecular weight is 303 g/mol. The first-order valence-corrected chi connectivity index (χ1v) is 6.61. The standard InChI is InChI=1S/C15H14FN3OS/c16-13-7-5-11(6-8-13)10-20-14-4-2-1-3-12(14)9-18-19-15(17)21/h1-9H,10H2,(H3,17,19,21)/b18-9+. The molecule has 0 aliphatic heterocycles. The predicted octanol–water partition coefficient (Wildman–Crippen LogP) is 2.57. The van der Waals surface area contributed by atoms with Gasteiger partial charge in [0.25, 0.3) is 0 Å². The lowest BCUT2D eigenvalue weighted by Gasteiger charge is -2.09. The van der Waals surface area contributed by atoms with Crippen molar-refractivity contribution in [1.29, 1.82) is 0 Å². The fourth-order valence-corrected chi connectivity index (χ4v) is 1.68. The zero-order chi connectivity index (χ0) is 15.1. The third-order valence-electron chi connectivity index (χ3n) is 2.60. The Bertz CT molecular complexity index is 644. The first-order chi connectivity index (χ1) is 10.1. The molecular formula is C15H14FN3OS. The van der Waals surface area contributed by atoms with Crippen molar-refractivity contribution in [3.63, 3.8) is 0 Å². The Kier molecular flexibility index (Phi) is 5.22. The second kappa shape index (κ2) is 7.35. The lowest BCUT2D eigenvalue weighted by molar-refractivity contribution is 0.305. The minimum atomic E-state index is -0.268. The van der Waals surface area contributed by atoms with Crippen molar-refractivity contribution in [2.45, 2.75) is 6.61 Å². The fraction of sp³-hybridized carbons (Fsp3) is 0.0667. The van der Waals surface area contributed by atoms with Gasteiger partial charge in [0.15, 0.2) is 5.11 Å². The summed E-state index contributed by atoms with van der Waals surface area (Å²) in [6.45, 7) is 0.341. The number of halogens is 1. The molecule has 0 heterocycles. The summed E-state index contributed by atoms with van der Waals surface area (Å²) in [5, 5.41) is 3.99. The van der Waals surface area contributed by atoms with Crippen LogP contribution in [0.4, 0.5) is 4.39 Å². The number of hydrogen-bond acceptors (Lipinski definition) is 3. The van der Waals surface area contributed by atoms with Crippen molar-refractivity contribution < 1.29 is 9.13 Å². The zero-order valence-corrected chi connectivity index (χ0v) is 11.9. The number of nitrogens with one attached hydrogen (secondary N) is 1. The van der Waals surface area contributed by atoms with Crippen LogP contribution in [0.15, 0.2) is 53.6 Å². The van der Waals surface area contributed by atoms with E-state index in [9.17, 15) is 4.39 Å². The summed E-state index contributed by atoms with van der Waals surface area (Å²) >= 11 is 4.66. The molecule has 0 saturated heterocycles. The largest absolute Gasteiger partial charge is 0.488 e. The molecule has 0 atom stereocenters. The van der Waals surface area contributed by atoms with Crippen LogP contribution in [0, 0.1) is 5.82 Å². The van der Waals surface area contributed by atoms with E-state index in [2.05, 4.69) is 22.7 Å². The van der Waals surface area contributed by atoms with Crippen LogP contribution in [0.25, 0.3) is 0 Å². The molecule has 3 N–H and O–H groups in total. The molecule has 2 rings (SSSR count). The number of hydrogen-bond donors (Lipinski definition) is 2. The minimum absolute atomic E-state index is 0.0935. The Labute approximate surface area is 127 Å². The van der Waals surface area contributed by atoms with Crippen LogP contribution >= 0.6 is 12.2 Å². The predicted molar refractivity (Wildman–Crippen MR) is 84.7 cm³/mol. The first-order valence-electron chi connectivity index (χ1n) is 6.20. The second-order valence-electron chi connectivity index (χ2n) is 4.19. The fourth-order valence-electron chi connectivity index (χ4n) is 1.63. The number of rotatable bonds is 5. The van der Waals surface area contributed by atoms with Gasteiger partial charge in [0.1, 0.15) is 18.2 Å². The molecule has 2 aromatic carbocycles. The molecule has 0 radical (unpaired) electrons. The Morgan fingerprint density at radius 2 is 1.95 bits per heavy atom. The molecule has 4 nitrogen and oxygen atoms in total. The van der Waals surface area contributed by atoms with Crippen LogP contribution in [-0.4, -0.2) is 11.3 Å². The van der Waals surface area contributed by atoms with E-state index < -0.39 is 0 Å². The van der Waals surface area contributed by atoms with Gasteiger partial charge in [0, 0.05) is 5.56 Å². The van der Waals surface area contributed by atoms with E-state index >= 15 is 0 Å². The second-order valence-corrected chi connectivity index (χ2v) is 4.63. The molecule has 0 amide bonds. The van der Waals surface area contributed by atoms with Crippen LogP contribution in [0.1, 0.15) is 11.1 Å². The molecule has 6 heteroatoms. The van der Waals surface area contributed by atoms with Gasteiger partial charge in [-0.05, 0) is 42.0 Å². The summed E-state index contributed by atoms with van der Waals surface area (Å²) in [7, 11) is 0. The summed E-state index contributed by atoms with van der Waals surface area (Å²) in [6, 6.07) is 13.6. The van der Waals surface area contributed by atoms with Crippen molar-refractivity contribution in [2.75, 3.05) is 0 Å². The number of hydrazone groups is 1. The Morgan fingerprint density at radius 3 is 2.67 bits per heavy atom. The highest BCUT2D eigenvalue weighted by Gasteiger charge is 2.01. The Balaban J connectivity index is 2.04. The van der Waals surface area contributed by atoms with Crippen LogP contribution in [0.3, 0.4) is 0 Å². The summed E-state index contributed by atoms with van der Waals surface area (Å²) in [4.78, 5) is 0. The van der Waals surface area contributed by atoms with Gasteiger partial charge in [-0.2, -0.15) is 5.10 Å². The van der Waals surface area contributed by atoms with Crippen molar-refractivity contribution in [2.24, 2.45) is 10.8 Å². The van der Waals surface area contributed by atoms with Gasteiger partial charge in [0.2, 0.25) is 0 Å². The van der Waals surface area contributed by atoms with Crippen molar-refractivity contribution in [3.05, 3.63) is 65.5 Å². The summed E-state index contributed by atoms with van der Waals surface area (Å²) in [6.07, 6.45) is 1.57. The van der Waals surface area contributed by atoms with E-state index in [0.717, 1.165) is 11.1 Å². The van der Waals surface area contributed by atoms with Crippen LogP contribution in [0.2, 0.25) is 0 Å². The molecule has 0 aliphatic carbocycles. The summed E-state index contributed by atoms with van der Waals surface area (Å²) < 4.78 is 18.5. The number of nitrogens with zero attached hydrogens (tertiary/aromatic N) is 1. The van der Waals surface area contributed by atoms with Gasteiger partial charge in [-0.3, -0.25) is 5.43 Å². The number of thiocarbonyl (C=S) groups is 1. The molecule has 0 fully saturated rings. The molecule has 0 spiro atoms. The maximum absolute atomic E-state index is 12.8. The smallest absolute Gasteiger partial charge is 0.184 e. The Hall–Kier alpha value is -2.47. The number of nitrogens with two attached hydrogens (primary N) is 1. The molecule has 0 aromatic heterocycles. The first kappa shape index (κ1) is 14.9. The SMILES string of the molecule is NC(=S)N/N=C/c1ccccc1OCc1ccc(F)cc1. The zero-order valence-electron chi connectivity index (χ0n) is 11.1. The molecule has 21 heavy (non-hydrogen) atoms. The van der Waals surface area contributed by atoms with Crippen LogP contribution in [-0.2, 0) is 6.61 Å². The molecule has 108 valence electrons. The van der Waals surface area contributed by atoms with Gasteiger partial charge in [-0.1, -0.05) is 24.3 Å². The van der Waals surface area contributed by atoms with Crippen LogP contribution in [0.5, 0.6) is 5.75 Å². The average Bonchev–Trinajstić information content (AvgIpc) is 2.47. The van der Waals surface area contributed by atoms with Gasteiger partial charge >= 0.3 is 0 Å². The van der Waals surface area contributed by atoms with E-state index in [0.29, 0.717) is 12.4 Å². The number of benzene rings is 2. The van der Waals surface area contributed by atoms with Gasteiger partial charge in [-0.25, -0.2) is 4.39 Å². The summed E-state index contributed by atoms with van der Waals surface area (Å²) in [5.41, 5.74) is 9.43. The van der Waals surface area contributed by atoms with E-state index in [1.165, 1.54) is 12.1 Å². The highest BCUT2D eigenvalue weighted by atomic mass is 32.1. The maximum Gasteiger partial charge on any atom is 0.184 e. The quantitative estimate of drug-likeness (QED) is 0.506. The lowest BCUT2D eigenvalue weighted by atomic mass is 10.2. The number of ether oxygens (including phenoxy) is 1. The normalized spacial score (nSPS) is 10.5. The molecular weight excluding hydrogens is 289 g/mol. The van der Waals surface area contributed by atoms with E-state index in [4.69, 9.17) is 10.5 Å².